The molecular formula is C21H28FN3O7S. The number of methoxy groups -OCH3 is 1. The average molecular weight is 486 g/mol. The van der Waals surface area contributed by atoms with Gasteiger partial charge in [0.05, 0.1) is 24.3 Å². The number of hydrogen-bond acceptors (Lipinski definition) is 7. The summed E-state index contributed by atoms with van der Waals surface area (Å²) in [5.41, 5.74) is -0.216. The van der Waals surface area contributed by atoms with Crippen LogP contribution in [-0.4, -0.2) is 68.2 Å². The SMILES string of the molecule is CNC1CCCN(c2c(F)cc3c(=O)c(C(=O)O)cn(C4CC4)c3c2OC)C1.CS(=O)(=O)O. The molecule has 2 aromatic rings. The van der Waals surface area contributed by atoms with Crippen molar-refractivity contribution in [1.29, 1.82) is 0 Å². The van der Waals surface area contributed by atoms with E-state index in [1.54, 1.807) is 4.57 Å². The summed E-state index contributed by atoms with van der Waals surface area (Å²) in [6.07, 6.45) is 5.80. The zero-order valence-electron chi connectivity index (χ0n) is 18.7. The van der Waals surface area contributed by atoms with Crippen molar-refractivity contribution in [2.45, 2.75) is 37.8 Å². The Balaban J connectivity index is 0.000000555. The molecule has 10 nitrogen and oxygen atoms in total. The molecule has 33 heavy (non-hydrogen) atoms. The van der Waals surface area contributed by atoms with Crippen LogP contribution >= 0.6 is 0 Å². The standard InChI is InChI=1S/C20H24FN3O4.CH4O3S/c1-22-11-4-3-7-23(9-11)17-15(21)8-13-16(19(17)28-2)24(12-5-6-12)10-14(18(13)25)20(26)27;1-5(2,3)4/h8,10-12,22H,3-7,9H2,1-2H3,(H,26,27);1H3,(H,2,3,4). The van der Waals surface area contributed by atoms with E-state index in [1.807, 2.05) is 11.9 Å². The quantitative estimate of drug-likeness (QED) is 0.542. The second-order valence-corrected chi connectivity index (χ2v) is 9.72. The van der Waals surface area contributed by atoms with Crippen LogP contribution in [0.5, 0.6) is 5.75 Å². The van der Waals surface area contributed by atoms with E-state index >= 15 is 4.39 Å². The second kappa shape index (κ2) is 9.65. The predicted octanol–water partition coefficient (Wildman–Crippen LogP) is 1.87. The maximum atomic E-state index is 15.2. The summed E-state index contributed by atoms with van der Waals surface area (Å²) in [7, 11) is -0.315. The molecular weight excluding hydrogens is 457 g/mol. The van der Waals surface area contributed by atoms with E-state index in [4.69, 9.17) is 9.29 Å². The van der Waals surface area contributed by atoms with Gasteiger partial charge in [-0.25, -0.2) is 9.18 Å². The lowest BCUT2D eigenvalue weighted by Gasteiger charge is -2.35. The molecule has 1 aliphatic carbocycles. The molecule has 0 bridgehead atoms. The van der Waals surface area contributed by atoms with E-state index in [0.29, 0.717) is 36.3 Å². The highest BCUT2D eigenvalue weighted by molar-refractivity contribution is 7.85. The van der Waals surface area contributed by atoms with Crippen LogP contribution in [0.25, 0.3) is 10.9 Å². The Kier molecular flexibility index (Phi) is 7.29. The number of carboxylic acid groups (broad SMARTS) is 1. The van der Waals surface area contributed by atoms with Gasteiger partial charge in [0.1, 0.15) is 11.3 Å². The van der Waals surface area contributed by atoms with Crippen molar-refractivity contribution in [3.8, 4) is 5.75 Å². The van der Waals surface area contributed by atoms with E-state index in [2.05, 4.69) is 5.32 Å². The Morgan fingerprint density at radius 1 is 1.30 bits per heavy atom. The molecule has 1 unspecified atom stereocenters. The number of benzene rings is 1. The highest BCUT2D eigenvalue weighted by Gasteiger charge is 2.32. The summed E-state index contributed by atoms with van der Waals surface area (Å²) in [5.74, 6) is -1.58. The number of hydrogen-bond donors (Lipinski definition) is 3. The number of likely N-dealkylation sites (N-methyl/N-ethyl adjacent to an activating group) is 1. The molecule has 1 aliphatic heterocycles. The molecule has 1 saturated heterocycles. The third-order valence-electron chi connectivity index (χ3n) is 5.72. The first-order valence-corrected chi connectivity index (χ1v) is 12.3. The van der Waals surface area contributed by atoms with E-state index in [9.17, 15) is 23.1 Å². The van der Waals surface area contributed by atoms with E-state index < -0.39 is 27.3 Å². The zero-order chi connectivity index (χ0) is 24.5. The zero-order valence-corrected chi connectivity index (χ0v) is 19.5. The van der Waals surface area contributed by atoms with Crippen LogP contribution in [0.4, 0.5) is 10.1 Å². The minimum absolute atomic E-state index is 0.0482. The van der Waals surface area contributed by atoms with Crippen molar-refractivity contribution in [1.82, 2.24) is 9.88 Å². The van der Waals surface area contributed by atoms with Gasteiger partial charge >= 0.3 is 5.97 Å². The number of anilines is 1. The fraction of sp³-hybridized carbons (Fsp3) is 0.524. The summed E-state index contributed by atoms with van der Waals surface area (Å²) in [4.78, 5) is 26.2. The first-order chi connectivity index (χ1) is 15.5. The number of rotatable bonds is 5. The lowest BCUT2D eigenvalue weighted by molar-refractivity contribution is 0.0694. The van der Waals surface area contributed by atoms with Crippen LogP contribution in [0.2, 0.25) is 0 Å². The molecule has 182 valence electrons. The summed E-state index contributed by atoms with van der Waals surface area (Å²) in [6, 6.07) is 1.51. The molecule has 1 aromatic heterocycles. The van der Waals surface area contributed by atoms with Gasteiger partial charge in [0.25, 0.3) is 10.1 Å². The number of nitrogens with one attached hydrogen (secondary N) is 1. The van der Waals surface area contributed by atoms with E-state index in [0.717, 1.165) is 25.7 Å². The summed E-state index contributed by atoms with van der Waals surface area (Å²) >= 11 is 0. The van der Waals surface area contributed by atoms with Crippen LogP contribution in [0.1, 0.15) is 42.1 Å². The van der Waals surface area contributed by atoms with Crippen LogP contribution in [0, 0.1) is 5.82 Å². The van der Waals surface area contributed by atoms with Crippen molar-refractivity contribution in [3.05, 3.63) is 33.9 Å². The summed E-state index contributed by atoms with van der Waals surface area (Å²) < 4.78 is 48.5. The van der Waals surface area contributed by atoms with Crippen LogP contribution in [0.15, 0.2) is 17.1 Å². The number of aromatic carboxylic acids is 1. The largest absolute Gasteiger partial charge is 0.492 e. The molecule has 2 aliphatic rings. The third-order valence-corrected chi connectivity index (χ3v) is 5.72. The molecule has 1 saturated carbocycles. The maximum Gasteiger partial charge on any atom is 0.341 e. The number of aromatic nitrogens is 1. The number of carboxylic acids is 1. The third kappa shape index (κ3) is 5.63. The normalized spacial score (nSPS) is 18.6. The average Bonchev–Trinajstić information content (AvgIpc) is 3.57. The molecule has 3 N–H and O–H groups in total. The van der Waals surface area contributed by atoms with Crippen molar-refractivity contribution in [2.75, 3.05) is 38.4 Å². The number of halogens is 1. The maximum absolute atomic E-state index is 15.2. The molecule has 0 radical (unpaired) electrons. The van der Waals surface area contributed by atoms with Crippen molar-refractivity contribution in [2.24, 2.45) is 0 Å². The predicted molar refractivity (Wildman–Crippen MR) is 122 cm³/mol. The number of fused-ring (bicyclic) bond motifs is 1. The van der Waals surface area contributed by atoms with Gasteiger partial charge in [0.2, 0.25) is 5.43 Å². The fourth-order valence-electron chi connectivity index (χ4n) is 4.14. The smallest absolute Gasteiger partial charge is 0.341 e. The van der Waals surface area contributed by atoms with Crippen LogP contribution in [-0.2, 0) is 10.1 Å². The van der Waals surface area contributed by atoms with Crippen LogP contribution in [0.3, 0.4) is 0 Å². The van der Waals surface area contributed by atoms with Crippen molar-refractivity contribution in [3.63, 3.8) is 0 Å². The fourth-order valence-corrected chi connectivity index (χ4v) is 4.14. The first kappa shape index (κ1) is 24.9. The number of carbonyl (C=O) groups is 1. The number of nitrogens with zero attached hydrogens (tertiary/aromatic N) is 2. The minimum Gasteiger partial charge on any atom is -0.492 e. The lowest BCUT2D eigenvalue weighted by Crippen LogP contribution is -2.45. The van der Waals surface area contributed by atoms with Gasteiger partial charge in [-0.1, -0.05) is 0 Å². The summed E-state index contributed by atoms with van der Waals surface area (Å²) in [5, 5.41) is 12.7. The lowest BCUT2D eigenvalue weighted by atomic mass is 10.0. The monoisotopic (exact) mass is 485 g/mol. The molecule has 0 spiro atoms. The number of pyridine rings is 1. The molecule has 1 aromatic carbocycles. The Morgan fingerprint density at radius 2 is 1.94 bits per heavy atom. The topological polar surface area (TPSA) is 138 Å². The van der Waals surface area contributed by atoms with Crippen molar-refractivity contribution >= 4 is 32.7 Å². The molecule has 0 amide bonds. The minimum atomic E-state index is -3.67. The summed E-state index contributed by atoms with van der Waals surface area (Å²) in [6.45, 7) is 1.33. The Bertz CT molecular complexity index is 1220. The van der Waals surface area contributed by atoms with Gasteiger partial charge in [-0.05, 0) is 38.8 Å². The van der Waals surface area contributed by atoms with Gasteiger partial charge in [0, 0.05) is 31.4 Å². The molecule has 2 fully saturated rings. The highest BCUT2D eigenvalue weighted by atomic mass is 32.2. The Hall–Kier alpha value is -2.70. The van der Waals surface area contributed by atoms with E-state index in [-0.39, 0.29) is 23.0 Å². The molecule has 1 atom stereocenters. The van der Waals surface area contributed by atoms with E-state index in [1.165, 1.54) is 19.4 Å². The highest BCUT2D eigenvalue weighted by Crippen LogP contribution is 2.44. The van der Waals surface area contributed by atoms with Crippen molar-refractivity contribution < 1.29 is 32.0 Å². The Labute approximate surface area is 190 Å². The van der Waals surface area contributed by atoms with Crippen LogP contribution < -0.4 is 20.4 Å². The molecule has 4 rings (SSSR count). The first-order valence-electron chi connectivity index (χ1n) is 10.5. The second-order valence-electron chi connectivity index (χ2n) is 8.26. The van der Waals surface area contributed by atoms with Gasteiger partial charge in [-0.3, -0.25) is 9.35 Å². The molecule has 2 heterocycles. The van der Waals surface area contributed by atoms with Gasteiger partial charge in [0.15, 0.2) is 11.6 Å². The van der Waals surface area contributed by atoms with Gasteiger partial charge in [-0.2, -0.15) is 8.42 Å². The number of piperidine rings is 1. The number of ether oxygens (including phenoxy) is 1. The van der Waals surface area contributed by atoms with Gasteiger partial charge in [-0.15, -0.1) is 0 Å². The molecule has 12 heteroatoms. The Morgan fingerprint density at radius 3 is 2.45 bits per heavy atom. The van der Waals surface area contributed by atoms with Gasteiger partial charge < -0.3 is 24.6 Å².